The van der Waals surface area contributed by atoms with Crippen molar-refractivity contribution in [3.05, 3.63) is 99.2 Å². The van der Waals surface area contributed by atoms with E-state index in [1.165, 1.54) is 11.1 Å². The Hall–Kier alpha value is -1.24. The van der Waals surface area contributed by atoms with E-state index in [0.717, 1.165) is 3.63 Å². The standard InChI is InChI=1S/C18H17.C9H13.C2H6Si.Zr/c1-13(2)17-12-15-10-6-7-11-16(15)18(17)14-8-4-3-5-9-14;1-6-5-7(2)9(4)8(6)3;1-3-2;/h3-13H,1-2H3;5H,1-4H3;1-2H3;. The molecule has 0 amide bonds. The molecule has 0 nitrogen and oxygen atoms in total. The molecule has 2 heteroatoms. The second-order valence-electron chi connectivity index (χ2n) is 9.88. The Labute approximate surface area is 197 Å². The van der Waals surface area contributed by atoms with Crippen LogP contribution in [0.1, 0.15) is 61.9 Å². The molecule has 2 aromatic carbocycles. The second-order valence-corrected chi connectivity index (χ2v) is 27.7. The van der Waals surface area contributed by atoms with Crippen LogP contribution in [0.15, 0.2) is 82.5 Å². The summed E-state index contributed by atoms with van der Waals surface area (Å²) >= 11 is -1.96. The van der Waals surface area contributed by atoms with E-state index in [4.69, 9.17) is 0 Å². The van der Waals surface area contributed by atoms with Gasteiger partial charge in [-0.1, -0.05) is 0 Å². The van der Waals surface area contributed by atoms with Crippen LogP contribution in [-0.4, -0.2) is 5.43 Å². The summed E-state index contributed by atoms with van der Waals surface area (Å²) in [5, 5.41) is 0. The van der Waals surface area contributed by atoms with Gasteiger partial charge in [-0.25, -0.2) is 0 Å². The summed E-state index contributed by atoms with van der Waals surface area (Å²) in [4.78, 5) is 0. The van der Waals surface area contributed by atoms with Crippen LogP contribution in [0, 0.1) is 5.92 Å². The molecular formula is C29H36SiZr. The van der Waals surface area contributed by atoms with E-state index < -0.39 is 20.4 Å². The van der Waals surface area contributed by atoms with Crippen LogP contribution < -0.4 is 0 Å². The first-order valence-corrected chi connectivity index (χ1v) is 20.7. The molecule has 2 aromatic rings. The topological polar surface area (TPSA) is 0 Å². The minimum absolute atomic E-state index is 0.368. The summed E-state index contributed by atoms with van der Waals surface area (Å²) in [6, 6.07) is 20.6. The van der Waals surface area contributed by atoms with Crippen molar-refractivity contribution in [1.29, 1.82) is 0 Å². The van der Waals surface area contributed by atoms with Crippen LogP contribution >= 0.6 is 0 Å². The van der Waals surface area contributed by atoms with Gasteiger partial charge in [-0.15, -0.1) is 0 Å². The van der Waals surface area contributed by atoms with Gasteiger partial charge in [-0.3, -0.25) is 0 Å². The maximum absolute atomic E-state index is 2.63. The summed E-state index contributed by atoms with van der Waals surface area (Å²) < 4.78 is 1.47. The SMILES string of the molecule is CC1=C(C)[CH]([Zr]([CH]2C(C(C)C)=C(c3ccccc3)c3ccccc32)=[Si](C)C)C(C)=C1C. The molecule has 0 fully saturated rings. The first-order chi connectivity index (χ1) is 14.8. The monoisotopic (exact) mass is 502 g/mol. The number of benzene rings is 2. The minimum atomic E-state index is -1.96. The predicted octanol–water partition coefficient (Wildman–Crippen LogP) is 8.54. The zero-order valence-corrected chi connectivity index (χ0v) is 23.9. The van der Waals surface area contributed by atoms with Crippen molar-refractivity contribution in [3.63, 3.8) is 0 Å². The van der Waals surface area contributed by atoms with Gasteiger partial charge in [-0.2, -0.15) is 0 Å². The predicted molar refractivity (Wildman–Crippen MR) is 134 cm³/mol. The van der Waals surface area contributed by atoms with E-state index in [1.54, 1.807) is 39.0 Å². The molecule has 0 bridgehead atoms. The average molecular weight is 504 g/mol. The first kappa shape index (κ1) is 22.9. The molecule has 0 N–H and O–H groups in total. The van der Waals surface area contributed by atoms with Gasteiger partial charge in [0.2, 0.25) is 0 Å². The average Bonchev–Trinajstić information content (AvgIpc) is 3.19. The Morgan fingerprint density at radius 3 is 1.84 bits per heavy atom. The van der Waals surface area contributed by atoms with Crippen LogP contribution in [-0.2, 0) is 20.4 Å². The van der Waals surface area contributed by atoms with Gasteiger partial charge in [0, 0.05) is 0 Å². The van der Waals surface area contributed by atoms with Gasteiger partial charge in [0.05, 0.1) is 0 Å². The zero-order chi connectivity index (χ0) is 22.4. The van der Waals surface area contributed by atoms with Crippen LogP contribution in [0.5, 0.6) is 0 Å². The molecule has 1 unspecified atom stereocenters. The quantitative estimate of drug-likeness (QED) is 0.367. The summed E-state index contributed by atoms with van der Waals surface area (Å²) in [6.45, 7) is 19.8. The van der Waals surface area contributed by atoms with E-state index in [-0.39, 0.29) is 5.43 Å². The molecule has 160 valence electrons. The van der Waals surface area contributed by atoms with E-state index in [1.807, 2.05) is 0 Å². The van der Waals surface area contributed by atoms with E-state index >= 15 is 0 Å². The third-order valence-corrected chi connectivity index (χ3v) is 27.4. The van der Waals surface area contributed by atoms with Gasteiger partial charge in [-0.05, 0) is 0 Å². The fourth-order valence-electron chi connectivity index (χ4n) is 5.89. The maximum atomic E-state index is 2.63. The molecule has 31 heavy (non-hydrogen) atoms. The third-order valence-electron chi connectivity index (χ3n) is 7.64. The van der Waals surface area contributed by atoms with Crippen molar-refractivity contribution in [2.24, 2.45) is 5.92 Å². The van der Waals surface area contributed by atoms with Crippen molar-refractivity contribution in [2.45, 2.75) is 61.9 Å². The van der Waals surface area contributed by atoms with Crippen molar-refractivity contribution in [3.8, 4) is 0 Å². The summed E-state index contributed by atoms with van der Waals surface area (Å²) in [5.74, 6) is 0.571. The molecule has 2 aliphatic rings. The van der Waals surface area contributed by atoms with Gasteiger partial charge in [0.1, 0.15) is 0 Å². The van der Waals surface area contributed by atoms with Gasteiger partial charge in [0.15, 0.2) is 0 Å². The summed E-state index contributed by atoms with van der Waals surface area (Å²) in [6.07, 6.45) is 0. The van der Waals surface area contributed by atoms with Crippen LogP contribution in [0.3, 0.4) is 0 Å². The Morgan fingerprint density at radius 2 is 1.29 bits per heavy atom. The van der Waals surface area contributed by atoms with E-state index in [9.17, 15) is 0 Å². The Morgan fingerprint density at radius 1 is 0.742 bits per heavy atom. The molecular weight excluding hydrogens is 468 g/mol. The number of allylic oxidation sites excluding steroid dienone is 5. The second kappa shape index (κ2) is 8.95. The van der Waals surface area contributed by atoms with Crippen molar-refractivity contribution in [1.82, 2.24) is 0 Å². The normalized spacial score (nSPS) is 19.1. The van der Waals surface area contributed by atoms with Crippen LogP contribution in [0.2, 0.25) is 16.7 Å². The molecule has 2 aliphatic carbocycles. The Bertz CT molecular complexity index is 1130. The summed E-state index contributed by atoms with van der Waals surface area (Å²) in [5.41, 5.74) is 14.0. The van der Waals surface area contributed by atoms with Crippen molar-refractivity contribution >= 4 is 11.0 Å². The number of hydrogen-bond acceptors (Lipinski definition) is 0. The number of fused-ring (bicyclic) bond motifs is 1. The van der Waals surface area contributed by atoms with Crippen molar-refractivity contribution < 1.29 is 20.4 Å². The molecule has 0 aromatic heterocycles. The molecule has 0 heterocycles. The number of hydrogen-bond donors (Lipinski definition) is 0. The van der Waals surface area contributed by atoms with E-state index in [0.29, 0.717) is 9.54 Å². The first-order valence-electron chi connectivity index (χ1n) is 11.7. The van der Waals surface area contributed by atoms with Gasteiger partial charge < -0.3 is 0 Å². The molecule has 0 spiro atoms. The Balaban J connectivity index is 2.03. The Kier molecular flexibility index (Phi) is 6.62. The fraction of sp³-hybridized carbons (Fsp3) is 0.379. The van der Waals surface area contributed by atoms with E-state index in [2.05, 4.69) is 109 Å². The fourth-order valence-corrected chi connectivity index (χ4v) is 27.6. The van der Waals surface area contributed by atoms with Crippen LogP contribution in [0.4, 0.5) is 0 Å². The third kappa shape index (κ3) is 3.79. The molecule has 0 radical (unpaired) electrons. The molecule has 0 aliphatic heterocycles. The molecule has 4 rings (SSSR count). The zero-order valence-electron chi connectivity index (χ0n) is 20.4. The van der Waals surface area contributed by atoms with Gasteiger partial charge in [0.25, 0.3) is 0 Å². The summed E-state index contributed by atoms with van der Waals surface area (Å²) in [7, 11) is 0. The molecule has 1 atom stereocenters. The number of rotatable bonds is 4. The van der Waals surface area contributed by atoms with Crippen molar-refractivity contribution in [2.75, 3.05) is 0 Å². The van der Waals surface area contributed by atoms with Crippen LogP contribution in [0.25, 0.3) is 5.57 Å². The molecule has 0 saturated carbocycles. The molecule has 0 saturated heterocycles. The van der Waals surface area contributed by atoms with Gasteiger partial charge >= 0.3 is 198 Å².